The fourth-order valence-electron chi connectivity index (χ4n) is 7.63. The van der Waals surface area contributed by atoms with E-state index in [1.807, 2.05) is 0 Å². The van der Waals surface area contributed by atoms with Gasteiger partial charge in [-0.15, -0.1) is 0 Å². The summed E-state index contributed by atoms with van der Waals surface area (Å²) in [6, 6.07) is 27.0. The van der Waals surface area contributed by atoms with E-state index < -0.39 is 0 Å². The predicted octanol–water partition coefficient (Wildman–Crippen LogP) is 11.9. The lowest BCUT2D eigenvalue weighted by Crippen LogP contribution is -2.35. The lowest BCUT2D eigenvalue weighted by molar-refractivity contribution is 0.305. The molecule has 7 rings (SSSR count). The Labute approximate surface area is 270 Å². The van der Waals surface area contributed by atoms with Crippen LogP contribution in [0.1, 0.15) is 108 Å². The monoisotopic (exact) mass is 600 g/mol. The maximum absolute atomic E-state index is 6.89. The van der Waals surface area contributed by atoms with Crippen LogP contribution >= 0.6 is 0 Å². The molecule has 0 aliphatic carbocycles. The largest absolute Gasteiger partial charge is 0.494 e. The molecule has 0 fully saturated rings. The zero-order valence-corrected chi connectivity index (χ0v) is 27.4. The summed E-state index contributed by atoms with van der Waals surface area (Å²) in [5.74, 6) is 3.12. The topological polar surface area (TPSA) is 24.9 Å². The highest BCUT2D eigenvalue weighted by molar-refractivity contribution is 5.94. The summed E-state index contributed by atoms with van der Waals surface area (Å²) in [6.07, 6.45) is 12.1. The summed E-state index contributed by atoms with van der Waals surface area (Å²) < 4.78 is 13.0. The van der Waals surface area contributed by atoms with Crippen molar-refractivity contribution in [3.05, 3.63) is 89.5 Å². The molecule has 0 amide bonds. The van der Waals surface area contributed by atoms with Crippen molar-refractivity contribution in [1.29, 1.82) is 0 Å². The first-order chi connectivity index (χ1) is 22.2. The van der Waals surface area contributed by atoms with Crippen LogP contribution in [0.25, 0.3) is 11.1 Å². The summed E-state index contributed by atoms with van der Waals surface area (Å²) in [5, 5.41) is 0. The van der Waals surface area contributed by atoms with E-state index in [0.29, 0.717) is 0 Å². The molecule has 3 aliphatic heterocycles. The van der Waals surface area contributed by atoms with Crippen molar-refractivity contribution < 1.29 is 9.47 Å². The number of ether oxygens (including phenoxy) is 2. The maximum atomic E-state index is 6.89. The molecule has 0 aromatic heterocycles. The summed E-state index contributed by atoms with van der Waals surface area (Å²) >= 11 is 0. The highest BCUT2D eigenvalue weighted by Gasteiger charge is 2.45. The zero-order chi connectivity index (χ0) is 30.8. The van der Waals surface area contributed by atoms with Crippen LogP contribution in [0.3, 0.4) is 0 Å². The van der Waals surface area contributed by atoms with E-state index in [-0.39, 0.29) is 5.92 Å². The van der Waals surface area contributed by atoms with Crippen molar-refractivity contribution >= 4 is 22.7 Å². The fraction of sp³-hybridized carbons (Fsp3) is 0.415. The van der Waals surface area contributed by atoms with E-state index in [0.717, 1.165) is 49.8 Å². The number of hydrogen-bond donors (Lipinski definition) is 0. The van der Waals surface area contributed by atoms with Gasteiger partial charge in [0.05, 0.1) is 6.61 Å². The second-order valence-corrected chi connectivity index (χ2v) is 13.0. The number of rotatable bonds is 15. The highest BCUT2D eigenvalue weighted by Crippen LogP contribution is 2.64. The molecule has 1 unspecified atom stereocenters. The van der Waals surface area contributed by atoms with Crippen molar-refractivity contribution in [1.82, 2.24) is 0 Å². The maximum Gasteiger partial charge on any atom is 0.134 e. The minimum atomic E-state index is 0.184. The SMILES string of the molecule is CCCCCCOc1ccc(-c2cc3c4c(c2)N(CCCCC)c2cccc5c2C4c2c(cccc2N5CCCCC)O3)cc1. The number of benzene rings is 4. The molecule has 4 aromatic rings. The van der Waals surface area contributed by atoms with Gasteiger partial charge in [-0.2, -0.15) is 0 Å². The standard InChI is InChI=1S/C41H48N2O2/c1-4-7-10-13-26-44-31-22-20-29(21-23-31)30-27-35-40-37(28-30)45-36-19-15-18-34-39(36)41(40)38-32(42(34)24-11-8-5-2)16-14-17-33(38)43(35)25-12-9-6-3/h14-23,27-28,41H,4-13,24-26H2,1-3H3. The second-order valence-electron chi connectivity index (χ2n) is 13.0. The van der Waals surface area contributed by atoms with E-state index in [9.17, 15) is 0 Å². The third-order valence-electron chi connectivity index (χ3n) is 9.90. The van der Waals surface area contributed by atoms with Gasteiger partial charge in [-0.25, -0.2) is 0 Å². The Kier molecular flexibility index (Phi) is 8.74. The number of hydrogen-bond acceptors (Lipinski definition) is 4. The molecule has 0 spiro atoms. The average molecular weight is 601 g/mol. The smallest absolute Gasteiger partial charge is 0.134 e. The van der Waals surface area contributed by atoms with Gasteiger partial charge in [0.25, 0.3) is 0 Å². The van der Waals surface area contributed by atoms with Crippen molar-refractivity contribution in [2.75, 3.05) is 29.5 Å². The number of nitrogens with zero attached hydrogens (tertiary/aromatic N) is 2. The van der Waals surface area contributed by atoms with E-state index in [1.165, 1.54) is 102 Å². The molecule has 0 radical (unpaired) electrons. The van der Waals surface area contributed by atoms with Gasteiger partial charge in [-0.1, -0.05) is 90.0 Å². The van der Waals surface area contributed by atoms with E-state index >= 15 is 0 Å². The average Bonchev–Trinajstić information content (AvgIpc) is 3.07. The zero-order valence-electron chi connectivity index (χ0n) is 27.4. The van der Waals surface area contributed by atoms with Crippen molar-refractivity contribution in [3.63, 3.8) is 0 Å². The van der Waals surface area contributed by atoms with Gasteiger partial charge in [0.1, 0.15) is 17.2 Å². The molecule has 3 heterocycles. The lowest BCUT2D eigenvalue weighted by Gasteiger charge is -2.47. The van der Waals surface area contributed by atoms with Gasteiger partial charge in [0.15, 0.2) is 0 Å². The second kappa shape index (κ2) is 13.2. The van der Waals surface area contributed by atoms with Crippen LogP contribution in [-0.2, 0) is 0 Å². The first-order valence-electron chi connectivity index (χ1n) is 17.6. The molecule has 0 N–H and O–H groups in total. The Hall–Kier alpha value is -3.92. The van der Waals surface area contributed by atoms with Crippen LogP contribution in [0.2, 0.25) is 0 Å². The fourth-order valence-corrected chi connectivity index (χ4v) is 7.63. The number of anilines is 4. The van der Waals surface area contributed by atoms with Crippen LogP contribution in [0.5, 0.6) is 17.2 Å². The van der Waals surface area contributed by atoms with Crippen LogP contribution in [0.4, 0.5) is 22.7 Å². The highest BCUT2D eigenvalue weighted by atomic mass is 16.5. The van der Waals surface area contributed by atoms with Crippen molar-refractivity contribution in [3.8, 4) is 28.4 Å². The van der Waals surface area contributed by atoms with Gasteiger partial charge in [-0.3, -0.25) is 0 Å². The molecular formula is C41H48N2O2. The van der Waals surface area contributed by atoms with Crippen molar-refractivity contribution in [2.45, 2.75) is 90.9 Å². The summed E-state index contributed by atoms with van der Waals surface area (Å²) in [7, 11) is 0. The lowest BCUT2D eigenvalue weighted by atomic mass is 9.73. The Morgan fingerprint density at radius 1 is 0.556 bits per heavy atom. The molecule has 234 valence electrons. The molecule has 45 heavy (non-hydrogen) atoms. The minimum Gasteiger partial charge on any atom is -0.494 e. The molecule has 4 nitrogen and oxygen atoms in total. The molecule has 3 aliphatic rings. The van der Waals surface area contributed by atoms with Crippen LogP contribution in [0, 0.1) is 0 Å². The predicted molar refractivity (Wildman–Crippen MR) is 188 cm³/mol. The van der Waals surface area contributed by atoms with Crippen LogP contribution in [-0.4, -0.2) is 19.7 Å². The Bertz CT molecular complexity index is 1640. The molecule has 1 atom stereocenters. The molecule has 0 saturated carbocycles. The molecule has 4 heteroatoms. The molecular weight excluding hydrogens is 552 g/mol. The Morgan fingerprint density at radius 3 is 1.84 bits per heavy atom. The van der Waals surface area contributed by atoms with Crippen molar-refractivity contribution in [2.24, 2.45) is 0 Å². The van der Waals surface area contributed by atoms with E-state index in [2.05, 4.69) is 103 Å². The minimum absolute atomic E-state index is 0.184. The van der Waals surface area contributed by atoms with Crippen LogP contribution < -0.4 is 19.3 Å². The third kappa shape index (κ3) is 5.47. The first kappa shape index (κ1) is 29.8. The van der Waals surface area contributed by atoms with Gasteiger partial charge in [-0.05, 0) is 78.9 Å². The van der Waals surface area contributed by atoms with Gasteiger partial charge >= 0.3 is 0 Å². The first-order valence-corrected chi connectivity index (χ1v) is 17.6. The van der Waals surface area contributed by atoms with Gasteiger partial charge in [0.2, 0.25) is 0 Å². The van der Waals surface area contributed by atoms with E-state index in [4.69, 9.17) is 9.47 Å². The summed E-state index contributed by atoms with van der Waals surface area (Å²) in [5.41, 5.74) is 11.8. The van der Waals surface area contributed by atoms with E-state index in [1.54, 1.807) is 0 Å². The third-order valence-corrected chi connectivity index (χ3v) is 9.90. The quantitative estimate of drug-likeness (QED) is 0.112. The summed E-state index contributed by atoms with van der Waals surface area (Å²) in [6.45, 7) is 9.63. The van der Waals surface area contributed by atoms with Gasteiger partial charge < -0.3 is 19.3 Å². The van der Waals surface area contributed by atoms with Gasteiger partial charge in [0, 0.05) is 58.4 Å². The normalized spacial score (nSPS) is 15.1. The molecule has 0 saturated heterocycles. The summed E-state index contributed by atoms with van der Waals surface area (Å²) in [4.78, 5) is 5.18. The Morgan fingerprint density at radius 2 is 1.16 bits per heavy atom. The Balaban J connectivity index is 1.31. The number of unbranched alkanes of at least 4 members (excludes halogenated alkanes) is 7. The molecule has 4 aromatic carbocycles. The molecule has 0 bridgehead atoms. The van der Waals surface area contributed by atoms with Crippen LogP contribution in [0.15, 0.2) is 72.8 Å².